The van der Waals surface area contributed by atoms with Crippen LogP contribution in [0.2, 0.25) is 0 Å². The maximum atomic E-state index is 12.9. The minimum absolute atomic E-state index is 0.153. The topological polar surface area (TPSA) is 66.4 Å². The molecule has 0 saturated carbocycles. The van der Waals surface area contributed by atoms with Crippen LogP contribution in [0, 0.1) is 29.6 Å². The van der Waals surface area contributed by atoms with Crippen LogP contribution in [-0.2, 0) is 4.79 Å². The molecule has 4 nitrogen and oxygen atoms in total. The standard InChI is InChI=1S/C20H21F2NO3/c1-13(2)7-5-6-8-15-9-11-16(12-10-15)18(25)23-17(14(3)24)20(4,26)19(21)22/h9-13,17,19,26H,1-4H3,(H,23,25)/t17-,20+/m1/s1. The van der Waals surface area contributed by atoms with Crippen molar-refractivity contribution >= 4 is 11.7 Å². The van der Waals surface area contributed by atoms with Crippen LogP contribution in [0.15, 0.2) is 24.3 Å². The monoisotopic (exact) mass is 361 g/mol. The number of carbonyl (C=O) groups excluding carboxylic acids is 2. The zero-order chi connectivity index (χ0) is 19.9. The van der Waals surface area contributed by atoms with E-state index in [-0.39, 0.29) is 11.5 Å². The predicted molar refractivity (Wildman–Crippen MR) is 94.5 cm³/mol. The van der Waals surface area contributed by atoms with Gasteiger partial charge in [-0.15, -0.1) is 0 Å². The predicted octanol–water partition coefficient (Wildman–Crippen LogP) is 2.40. The Morgan fingerprint density at radius 2 is 1.73 bits per heavy atom. The van der Waals surface area contributed by atoms with E-state index in [0.717, 1.165) is 13.8 Å². The fourth-order valence-electron chi connectivity index (χ4n) is 1.99. The summed E-state index contributed by atoms with van der Waals surface area (Å²) in [5, 5.41) is 12.0. The molecule has 0 aromatic heterocycles. The molecule has 0 bridgehead atoms. The van der Waals surface area contributed by atoms with Gasteiger partial charge in [-0.2, -0.15) is 0 Å². The molecular weight excluding hydrogens is 340 g/mol. The lowest BCUT2D eigenvalue weighted by Gasteiger charge is -2.30. The third-order valence-corrected chi connectivity index (χ3v) is 3.49. The number of benzene rings is 1. The van der Waals surface area contributed by atoms with Crippen molar-refractivity contribution in [2.75, 3.05) is 0 Å². The van der Waals surface area contributed by atoms with E-state index in [2.05, 4.69) is 29.0 Å². The molecule has 0 aliphatic rings. The number of hydrogen-bond acceptors (Lipinski definition) is 3. The van der Waals surface area contributed by atoms with E-state index in [1.165, 1.54) is 12.1 Å². The molecule has 1 aromatic rings. The number of ketones is 1. The summed E-state index contributed by atoms with van der Waals surface area (Å²) in [5.74, 6) is 9.81. The largest absolute Gasteiger partial charge is 0.382 e. The van der Waals surface area contributed by atoms with Gasteiger partial charge in [0.2, 0.25) is 0 Å². The number of alkyl halides is 2. The first-order valence-corrected chi connectivity index (χ1v) is 7.99. The Labute approximate surface area is 152 Å². The van der Waals surface area contributed by atoms with Gasteiger partial charge in [0.05, 0.1) is 0 Å². The first-order valence-electron chi connectivity index (χ1n) is 7.99. The molecule has 1 rings (SSSR count). The highest BCUT2D eigenvalue weighted by Gasteiger charge is 2.44. The van der Waals surface area contributed by atoms with Crippen LogP contribution >= 0.6 is 0 Å². The number of nitrogens with one attached hydrogen (secondary N) is 1. The van der Waals surface area contributed by atoms with Crippen molar-refractivity contribution in [3.8, 4) is 23.7 Å². The van der Waals surface area contributed by atoms with Gasteiger partial charge in [-0.25, -0.2) is 8.78 Å². The smallest absolute Gasteiger partial charge is 0.269 e. The Balaban J connectivity index is 2.91. The Kier molecular flexibility index (Phi) is 7.49. The van der Waals surface area contributed by atoms with Crippen LogP contribution in [0.4, 0.5) is 8.78 Å². The second-order valence-electron chi connectivity index (χ2n) is 6.30. The third-order valence-electron chi connectivity index (χ3n) is 3.49. The number of Topliss-reactive ketones (excluding diaryl/α,β-unsaturated/α-hetero) is 1. The summed E-state index contributed by atoms with van der Waals surface area (Å²) in [6.45, 7) is 5.73. The molecule has 0 unspecified atom stereocenters. The fourth-order valence-corrected chi connectivity index (χ4v) is 1.99. The summed E-state index contributed by atoms with van der Waals surface area (Å²) >= 11 is 0. The van der Waals surface area contributed by atoms with Gasteiger partial charge in [0.15, 0.2) is 5.78 Å². The number of halogens is 2. The SMILES string of the molecule is CC(=O)[C@@H](NC(=O)c1ccc(C#CC#CC(C)C)cc1)[C@](C)(O)C(F)F. The second-order valence-corrected chi connectivity index (χ2v) is 6.30. The molecular formula is C20H21F2NO3. The van der Waals surface area contributed by atoms with E-state index in [0.29, 0.717) is 5.56 Å². The van der Waals surface area contributed by atoms with Crippen LogP contribution < -0.4 is 5.32 Å². The van der Waals surface area contributed by atoms with Crippen LogP contribution in [-0.4, -0.2) is 34.9 Å². The van der Waals surface area contributed by atoms with E-state index in [1.54, 1.807) is 12.1 Å². The summed E-state index contributed by atoms with van der Waals surface area (Å²) < 4.78 is 25.9. The van der Waals surface area contributed by atoms with E-state index in [4.69, 9.17) is 0 Å². The lowest BCUT2D eigenvalue weighted by Crippen LogP contribution is -2.58. The molecule has 0 saturated heterocycles. The molecule has 1 aromatic carbocycles. The molecule has 2 atom stereocenters. The third kappa shape index (κ3) is 5.98. The van der Waals surface area contributed by atoms with Crippen molar-refractivity contribution in [2.45, 2.75) is 45.8 Å². The summed E-state index contributed by atoms with van der Waals surface area (Å²) in [6.07, 6.45) is -3.19. The first kappa shape index (κ1) is 21.3. The molecule has 1 amide bonds. The van der Waals surface area contributed by atoms with Crippen LogP contribution in [0.1, 0.15) is 43.6 Å². The summed E-state index contributed by atoms with van der Waals surface area (Å²) in [4.78, 5) is 23.8. The number of carbonyl (C=O) groups is 2. The lowest BCUT2D eigenvalue weighted by atomic mass is 9.93. The molecule has 2 N–H and O–H groups in total. The zero-order valence-electron chi connectivity index (χ0n) is 15.1. The van der Waals surface area contributed by atoms with Crippen molar-refractivity contribution in [3.63, 3.8) is 0 Å². The molecule has 6 heteroatoms. The van der Waals surface area contributed by atoms with Crippen molar-refractivity contribution < 1.29 is 23.5 Å². The number of amides is 1. The quantitative estimate of drug-likeness (QED) is 0.792. The van der Waals surface area contributed by atoms with E-state index in [1.807, 2.05) is 13.8 Å². The highest BCUT2D eigenvalue weighted by atomic mass is 19.3. The average Bonchev–Trinajstić information content (AvgIpc) is 2.56. The summed E-state index contributed by atoms with van der Waals surface area (Å²) in [5.41, 5.74) is -1.88. The normalized spacial score (nSPS) is 13.7. The van der Waals surface area contributed by atoms with Crippen LogP contribution in [0.25, 0.3) is 0 Å². The minimum atomic E-state index is -3.19. The summed E-state index contributed by atoms with van der Waals surface area (Å²) in [6, 6.07) is 4.33. The van der Waals surface area contributed by atoms with E-state index >= 15 is 0 Å². The van der Waals surface area contributed by atoms with E-state index in [9.17, 15) is 23.5 Å². The minimum Gasteiger partial charge on any atom is -0.382 e. The molecule has 0 aliphatic carbocycles. The second kappa shape index (κ2) is 9.12. The van der Waals surface area contributed by atoms with Gasteiger partial charge >= 0.3 is 0 Å². The molecule has 0 heterocycles. The number of aliphatic hydroxyl groups is 1. The van der Waals surface area contributed by atoms with Gasteiger partial charge in [0.25, 0.3) is 12.3 Å². The van der Waals surface area contributed by atoms with Gasteiger partial charge in [-0.1, -0.05) is 25.7 Å². The van der Waals surface area contributed by atoms with E-state index < -0.39 is 29.8 Å². The molecule has 0 spiro atoms. The molecule has 0 radical (unpaired) electrons. The van der Waals surface area contributed by atoms with Gasteiger partial charge in [-0.05, 0) is 50.0 Å². The highest BCUT2D eigenvalue weighted by Crippen LogP contribution is 2.21. The number of hydrogen-bond donors (Lipinski definition) is 2. The Hall–Kier alpha value is -2.70. The fraction of sp³-hybridized carbons (Fsp3) is 0.400. The van der Waals surface area contributed by atoms with Crippen molar-refractivity contribution in [1.82, 2.24) is 5.32 Å². The Morgan fingerprint density at radius 3 is 2.19 bits per heavy atom. The molecule has 26 heavy (non-hydrogen) atoms. The van der Waals surface area contributed by atoms with Crippen molar-refractivity contribution in [1.29, 1.82) is 0 Å². The highest BCUT2D eigenvalue weighted by molar-refractivity contribution is 5.98. The molecule has 0 fully saturated rings. The first-order chi connectivity index (χ1) is 12.1. The zero-order valence-corrected chi connectivity index (χ0v) is 15.1. The lowest BCUT2D eigenvalue weighted by molar-refractivity contribution is -0.138. The van der Waals surface area contributed by atoms with Gasteiger partial charge in [0, 0.05) is 17.0 Å². The van der Waals surface area contributed by atoms with Crippen LogP contribution in [0.3, 0.4) is 0 Å². The average molecular weight is 361 g/mol. The van der Waals surface area contributed by atoms with Crippen molar-refractivity contribution in [2.24, 2.45) is 5.92 Å². The van der Waals surface area contributed by atoms with Gasteiger partial charge in [-0.3, -0.25) is 9.59 Å². The molecule has 138 valence electrons. The maximum Gasteiger partial charge on any atom is 0.269 e. The Bertz CT molecular complexity index is 775. The van der Waals surface area contributed by atoms with Crippen molar-refractivity contribution in [3.05, 3.63) is 35.4 Å². The maximum absolute atomic E-state index is 12.9. The Morgan fingerprint density at radius 1 is 1.15 bits per heavy atom. The molecule has 0 aliphatic heterocycles. The van der Waals surface area contributed by atoms with Crippen LogP contribution in [0.5, 0.6) is 0 Å². The summed E-state index contributed by atoms with van der Waals surface area (Å²) in [7, 11) is 0. The number of rotatable bonds is 5. The van der Waals surface area contributed by atoms with Gasteiger partial charge in [0.1, 0.15) is 11.6 Å². The van der Waals surface area contributed by atoms with Gasteiger partial charge < -0.3 is 10.4 Å².